The highest BCUT2D eigenvalue weighted by atomic mass is 32.2. The van der Waals surface area contributed by atoms with Gasteiger partial charge in [0, 0.05) is 19.1 Å². The molecule has 2 unspecified atom stereocenters. The summed E-state index contributed by atoms with van der Waals surface area (Å²) in [5, 5.41) is 3.61. The summed E-state index contributed by atoms with van der Waals surface area (Å²) in [6, 6.07) is 0.771. The first-order valence-corrected chi connectivity index (χ1v) is 9.52. The molecule has 0 spiro atoms. The molecule has 0 amide bonds. The third-order valence-electron chi connectivity index (χ3n) is 4.47. The standard InChI is InChI=1S/C14H28N2O2S/c1-3-12(10-15-14-6-7-14)9-13-5-4-8-16(11-13)19(2,17)18/h12-15H,3-11H2,1-2H3. The molecule has 1 heterocycles. The second-order valence-electron chi connectivity index (χ2n) is 6.32. The van der Waals surface area contributed by atoms with Gasteiger partial charge in [-0.3, -0.25) is 0 Å². The van der Waals surface area contributed by atoms with Crippen LogP contribution >= 0.6 is 0 Å². The van der Waals surface area contributed by atoms with Crippen LogP contribution in [-0.4, -0.2) is 44.7 Å². The molecule has 1 aliphatic heterocycles. The van der Waals surface area contributed by atoms with Crippen molar-refractivity contribution in [3.8, 4) is 0 Å². The Hall–Kier alpha value is -0.130. The van der Waals surface area contributed by atoms with E-state index in [0.29, 0.717) is 18.4 Å². The van der Waals surface area contributed by atoms with E-state index >= 15 is 0 Å². The Kier molecular flexibility index (Phi) is 5.26. The predicted octanol–water partition coefficient (Wildman–Crippen LogP) is 1.83. The van der Waals surface area contributed by atoms with Crippen molar-refractivity contribution in [1.29, 1.82) is 0 Å². The minimum atomic E-state index is -3.00. The average Bonchev–Trinajstić information content (AvgIpc) is 3.18. The second-order valence-corrected chi connectivity index (χ2v) is 8.30. The third kappa shape index (κ3) is 5.04. The molecule has 0 aromatic rings. The van der Waals surface area contributed by atoms with Gasteiger partial charge in [-0.1, -0.05) is 13.3 Å². The Bertz CT molecular complexity index is 379. The van der Waals surface area contributed by atoms with Crippen molar-refractivity contribution in [3.63, 3.8) is 0 Å². The van der Waals surface area contributed by atoms with Gasteiger partial charge >= 0.3 is 0 Å². The van der Waals surface area contributed by atoms with Crippen LogP contribution in [0, 0.1) is 11.8 Å². The van der Waals surface area contributed by atoms with Crippen LogP contribution in [0.2, 0.25) is 0 Å². The maximum Gasteiger partial charge on any atom is 0.211 e. The average molecular weight is 288 g/mol. The highest BCUT2D eigenvalue weighted by molar-refractivity contribution is 7.88. The molecule has 5 heteroatoms. The summed E-state index contributed by atoms with van der Waals surface area (Å²) >= 11 is 0. The number of nitrogens with zero attached hydrogens (tertiary/aromatic N) is 1. The van der Waals surface area contributed by atoms with Crippen LogP contribution < -0.4 is 5.32 Å². The fraction of sp³-hybridized carbons (Fsp3) is 1.00. The van der Waals surface area contributed by atoms with Crippen LogP contribution in [0.15, 0.2) is 0 Å². The first kappa shape index (κ1) is 15.3. The highest BCUT2D eigenvalue weighted by Crippen LogP contribution is 2.27. The van der Waals surface area contributed by atoms with Crippen molar-refractivity contribution >= 4 is 10.0 Å². The predicted molar refractivity (Wildman–Crippen MR) is 78.6 cm³/mol. The van der Waals surface area contributed by atoms with Gasteiger partial charge < -0.3 is 5.32 Å². The summed E-state index contributed by atoms with van der Waals surface area (Å²) in [6.07, 6.45) is 8.57. The smallest absolute Gasteiger partial charge is 0.211 e. The molecule has 2 aliphatic rings. The summed E-state index contributed by atoms with van der Waals surface area (Å²) in [6.45, 7) is 4.80. The van der Waals surface area contributed by atoms with E-state index in [4.69, 9.17) is 0 Å². The van der Waals surface area contributed by atoms with Crippen molar-refractivity contribution in [2.75, 3.05) is 25.9 Å². The van der Waals surface area contributed by atoms with Crippen molar-refractivity contribution in [2.24, 2.45) is 11.8 Å². The molecule has 2 rings (SSSR count). The Morgan fingerprint density at radius 1 is 1.32 bits per heavy atom. The first-order valence-electron chi connectivity index (χ1n) is 7.67. The van der Waals surface area contributed by atoms with Gasteiger partial charge in [-0.15, -0.1) is 0 Å². The van der Waals surface area contributed by atoms with E-state index in [0.717, 1.165) is 25.6 Å². The maximum atomic E-state index is 11.6. The van der Waals surface area contributed by atoms with E-state index in [-0.39, 0.29) is 0 Å². The van der Waals surface area contributed by atoms with Crippen molar-refractivity contribution in [1.82, 2.24) is 9.62 Å². The SMILES string of the molecule is CCC(CNC1CC1)CC1CCCN(S(C)(=O)=O)C1. The Morgan fingerprint density at radius 3 is 2.63 bits per heavy atom. The molecule has 0 radical (unpaired) electrons. The minimum absolute atomic E-state index is 0.550. The molecule has 0 aromatic carbocycles. The molecular formula is C14H28N2O2S. The normalized spacial score (nSPS) is 27.4. The van der Waals surface area contributed by atoms with Crippen LogP contribution in [0.5, 0.6) is 0 Å². The minimum Gasteiger partial charge on any atom is -0.314 e. The summed E-state index contributed by atoms with van der Waals surface area (Å²) in [5.74, 6) is 1.25. The lowest BCUT2D eigenvalue weighted by molar-refractivity contribution is 0.226. The fourth-order valence-electron chi connectivity index (χ4n) is 3.01. The molecule has 2 atom stereocenters. The maximum absolute atomic E-state index is 11.6. The molecular weight excluding hydrogens is 260 g/mol. The number of nitrogens with one attached hydrogen (secondary N) is 1. The Labute approximate surface area is 118 Å². The lowest BCUT2D eigenvalue weighted by atomic mass is 9.87. The zero-order valence-corrected chi connectivity index (χ0v) is 13.1. The molecule has 4 nitrogen and oxygen atoms in total. The van der Waals surface area contributed by atoms with Crippen LogP contribution in [0.4, 0.5) is 0 Å². The van der Waals surface area contributed by atoms with E-state index in [1.165, 1.54) is 38.4 Å². The van der Waals surface area contributed by atoms with E-state index < -0.39 is 10.0 Å². The van der Waals surface area contributed by atoms with E-state index in [1.54, 1.807) is 4.31 Å². The number of rotatable bonds is 7. The van der Waals surface area contributed by atoms with Gasteiger partial charge in [0.1, 0.15) is 0 Å². The molecule has 19 heavy (non-hydrogen) atoms. The summed E-state index contributed by atoms with van der Waals surface area (Å²) in [5.41, 5.74) is 0. The number of hydrogen-bond acceptors (Lipinski definition) is 3. The fourth-order valence-corrected chi connectivity index (χ4v) is 3.95. The first-order chi connectivity index (χ1) is 8.99. The zero-order chi connectivity index (χ0) is 13.9. The molecule has 0 bridgehead atoms. The number of sulfonamides is 1. The molecule has 1 saturated heterocycles. The Balaban J connectivity index is 1.79. The second kappa shape index (κ2) is 6.55. The van der Waals surface area contributed by atoms with Gasteiger partial charge in [-0.25, -0.2) is 12.7 Å². The highest BCUT2D eigenvalue weighted by Gasteiger charge is 2.28. The molecule has 1 N–H and O–H groups in total. The quantitative estimate of drug-likeness (QED) is 0.777. The van der Waals surface area contributed by atoms with Crippen LogP contribution in [0.25, 0.3) is 0 Å². The molecule has 112 valence electrons. The van der Waals surface area contributed by atoms with Gasteiger partial charge in [-0.05, 0) is 50.5 Å². The number of hydrogen-bond donors (Lipinski definition) is 1. The summed E-state index contributed by atoms with van der Waals surface area (Å²) < 4.78 is 24.9. The van der Waals surface area contributed by atoms with E-state index in [2.05, 4.69) is 12.2 Å². The van der Waals surface area contributed by atoms with Gasteiger partial charge in [0.05, 0.1) is 6.26 Å². The topological polar surface area (TPSA) is 49.4 Å². The molecule has 1 aliphatic carbocycles. The monoisotopic (exact) mass is 288 g/mol. The van der Waals surface area contributed by atoms with Gasteiger partial charge in [-0.2, -0.15) is 0 Å². The summed E-state index contributed by atoms with van der Waals surface area (Å²) in [7, 11) is -3.00. The lowest BCUT2D eigenvalue weighted by Crippen LogP contribution is -2.40. The lowest BCUT2D eigenvalue weighted by Gasteiger charge is -2.33. The van der Waals surface area contributed by atoms with Crippen LogP contribution in [0.1, 0.15) is 45.4 Å². The van der Waals surface area contributed by atoms with Gasteiger partial charge in [0.2, 0.25) is 10.0 Å². The van der Waals surface area contributed by atoms with Crippen molar-refractivity contribution in [2.45, 2.75) is 51.5 Å². The summed E-state index contributed by atoms with van der Waals surface area (Å²) in [4.78, 5) is 0. The van der Waals surface area contributed by atoms with Crippen molar-refractivity contribution in [3.05, 3.63) is 0 Å². The molecule has 2 fully saturated rings. The number of piperidine rings is 1. The Morgan fingerprint density at radius 2 is 2.05 bits per heavy atom. The molecule has 1 saturated carbocycles. The zero-order valence-electron chi connectivity index (χ0n) is 12.3. The largest absolute Gasteiger partial charge is 0.314 e. The third-order valence-corrected chi connectivity index (χ3v) is 5.74. The van der Waals surface area contributed by atoms with Gasteiger partial charge in [0.25, 0.3) is 0 Å². The van der Waals surface area contributed by atoms with Crippen molar-refractivity contribution < 1.29 is 8.42 Å². The van der Waals surface area contributed by atoms with Gasteiger partial charge in [0.15, 0.2) is 0 Å². The van der Waals surface area contributed by atoms with E-state index in [1.807, 2.05) is 0 Å². The molecule has 0 aromatic heterocycles. The van der Waals surface area contributed by atoms with Crippen LogP contribution in [-0.2, 0) is 10.0 Å². The van der Waals surface area contributed by atoms with Crippen LogP contribution in [0.3, 0.4) is 0 Å². The van der Waals surface area contributed by atoms with E-state index in [9.17, 15) is 8.42 Å².